The summed E-state index contributed by atoms with van der Waals surface area (Å²) in [4.78, 5) is 5.59. The van der Waals surface area contributed by atoms with Gasteiger partial charge in [-0.25, -0.2) is 0 Å². The zero-order chi connectivity index (χ0) is 13.2. The zero-order valence-electron chi connectivity index (χ0n) is 11.3. The molecule has 1 aliphatic heterocycles. The van der Waals surface area contributed by atoms with Crippen LogP contribution in [0.5, 0.6) is 0 Å². The van der Waals surface area contributed by atoms with Gasteiger partial charge in [-0.05, 0) is 49.7 Å². The second-order valence-electron chi connectivity index (χ2n) is 5.71. The molecule has 1 saturated heterocycles. The molecule has 4 nitrogen and oxygen atoms in total. The van der Waals surface area contributed by atoms with Crippen LogP contribution in [-0.2, 0) is 0 Å². The van der Waals surface area contributed by atoms with Crippen molar-refractivity contribution in [2.24, 2.45) is 11.0 Å². The smallest absolute Gasteiger partial charge is 0.0532 e. The van der Waals surface area contributed by atoms with Crippen molar-refractivity contribution in [2.45, 2.75) is 44.3 Å². The number of benzene rings is 1. The van der Waals surface area contributed by atoms with Crippen LogP contribution >= 0.6 is 0 Å². The molecule has 1 heterocycles. The van der Waals surface area contributed by atoms with Crippen molar-refractivity contribution in [2.75, 3.05) is 6.54 Å². The van der Waals surface area contributed by atoms with E-state index in [0.717, 1.165) is 18.9 Å². The minimum Gasteiger partial charge on any atom is -0.293 e. The summed E-state index contributed by atoms with van der Waals surface area (Å²) >= 11 is 0. The van der Waals surface area contributed by atoms with Crippen LogP contribution in [0.3, 0.4) is 0 Å². The quantitative estimate of drug-likeness (QED) is 0.459. The van der Waals surface area contributed by atoms with Crippen molar-refractivity contribution >= 4 is 0 Å². The molecule has 2 fully saturated rings. The van der Waals surface area contributed by atoms with E-state index in [1.165, 1.54) is 18.4 Å². The van der Waals surface area contributed by atoms with Crippen LogP contribution in [0.25, 0.3) is 10.4 Å². The standard InChI is InChI=1S/C15H20N4/c1-11(12-5-3-2-4-6-12)19-10-9-13-7-8-14(15(13)19)17-18-16/h2-6,11,13-15H,7-10H2,1H3/t11-,13+,14-,15-/m1/s1. The fraction of sp³-hybridized carbons (Fsp3) is 0.600. The average Bonchev–Trinajstić information content (AvgIpc) is 3.02. The van der Waals surface area contributed by atoms with Gasteiger partial charge in [-0.2, -0.15) is 0 Å². The highest BCUT2D eigenvalue weighted by molar-refractivity contribution is 5.19. The Labute approximate surface area is 114 Å². The molecule has 4 heteroatoms. The monoisotopic (exact) mass is 256 g/mol. The Morgan fingerprint density at radius 2 is 2.05 bits per heavy atom. The van der Waals surface area contributed by atoms with Crippen LogP contribution in [0.2, 0.25) is 0 Å². The van der Waals surface area contributed by atoms with E-state index in [-0.39, 0.29) is 6.04 Å². The fourth-order valence-electron chi connectivity index (χ4n) is 3.88. The van der Waals surface area contributed by atoms with Gasteiger partial charge in [-0.3, -0.25) is 4.90 Å². The Bertz CT molecular complexity index is 480. The van der Waals surface area contributed by atoms with Crippen LogP contribution in [-0.4, -0.2) is 23.5 Å². The van der Waals surface area contributed by atoms with Crippen molar-refractivity contribution in [1.29, 1.82) is 0 Å². The maximum absolute atomic E-state index is 8.73. The molecule has 0 unspecified atom stereocenters. The maximum atomic E-state index is 8.73. The molecular formula is C15H20N4. The summed E-state index contributed by atoms with van der Waals surface area (Å²) in [6.07, 6.45) is 3.52. The van der Waals surface area contributed by atoms with Crippen LogP contribution in [0.1, 0.15) is 37.8 Å². The van der Waals surface area contributed by atoms with Crippen LogP contribution in [0.15, 0.2) is 35.4 Å². The number of hydrogen-bond donors (Lipinski definition) is 0. The lowest BCUT2D eigenvalue weighted by Gasteiger charge is -2.33. The molecule has 1 saturated carbocycles. The number of azide groups is 1. The largest absolute Gasteiger partial charge is 0.293 e. The van der Waals surface area contributed by atoms with E-state index in [2.05, 4.69) is 52.2 Å². The molecule has 0 spiro atoms. The summed E-state index contributed by atoms with van der Waals surface area (Å²) in [5.74, 6) is 0.724. The summed E-state index contributed by atoms with van der Waals surface area (Å²) in [5, 5.41) is 4.03. The molecule has 0 amide bonds. The molecule has 1 aromatic carbocycles. The van der Waals surface area contributed by atoms with Gasteiger partial charge in [-0.15, -0.1) is 0 Å². The van der Waals surface area contributed by atoms with Gasteiger partial charge in [0.05, 0.1) is 6.04 Å². The Morgan fingerprint density at radius 3 is 2.79 bits per heavy atom. The van der Waals surface area contributed by atoms with E-state index in [9.17, 15) is 0 Å². The molecule has 19 heavy (non-hydrogen) atoms. The first kappa shape index (κ1) is 12.5. The predicted octanol–water partition coefficient (Wildman–Crippen LogP) is 3.91. The molecule has 100 valence electrons. The van der Waals surface area contributed by atoms with Gasteiger partial charge in [-0.1, -0.05) is 35.4 Å². The lowest BCUT2D eigenvalue weighted by atomic mass is 10.0. The van der Waals surface area contributed by atoms with Gasteiger partial charge in [0.15, 0.2) is 0 Å². The van der Waals surface area contributed by atoms with Crippen molar-refractivity contribution < 1.29 is 0 Å². The molecule has 1 aliphatic carbocycles. The van der Waals surface area contributed by atoms with Crippen LogP contribution < -0.4 is 0 Å². The first-order valence-corrected chi connectivity index (χ1v) is 7.16. The highest BCUT2D eigenvalue weighted by Gasteiger charge is 2.45. The third kappa shape index (κ3) is 2.22. The Kier molecular flexibility index (Phi) is 3.45. The van der Waals surface area contributed by atoms with Crippen molar-refractivity contribution in [1.82, 2.24) is 4.90 Å². The Balaban J connectivity index is 1.83. The second-order valence-corrected chi connectivity index (χ2v) is 5.71. The average molecular weight is 256 g/mol. The lowest BCUT2D eigenvalue weighted by Crippen LogP contribution is -2.39. The van der Waals surface area contributed by atoms with E-state index in [1.807, 2.05) is 0 Å². The highest BCUT2D eigenvalue weighted by atomic mass is 15.3. The normalized spacial score (nSPS) is 31.7. The second kappa shape index (κ2) is 5.24. The summed E-state index contributed by atoms with van der Waals surface area (Å²) in [5.41, 5.74) is 10.1. The molecule has 1 aromatic rings. The molecule has 0 aromatic heterocycles. The summed E-state index contributed by atoms with van der Waals surface area (Å²) in [6, 6.07) is 11.7. The molecule has 0 N–H and O–H groups in total. The van der Waals surface area contributed by atoms with Gasteiger partial charge >= 0.3 is 0 Å². The van der Waals surface area contributed by atoms with Crippen molar-refractivity contribution in [3.8, 4) is 0 Å². The first-order chi connectivity index (χ1) is 9.31. The van der Waals surface area contributed by atoms with Crippen LogP contribution in [0.4, 0.5) is 0 Å². The van der Waals surface area contributed by atoms with E-state index < -0.39 is 0 Å². The van der Waals surface area contributed by atoms with Gasteiger partial charge in [0.2, 0.25) is 0 Å². The number of rotatable bonds is 3. The molecule has 2 aliphatic rings. The van der Waals surface area contributed by atoms with Crippen molar-refractivity contribution in [3.63, 3.8) is 0 Å². The third-order valence-electron chi connectivity index (χ3n) is 4.83. The van der Waals surface area contributed by atoms with E-state index in [0.29, 0.717) is 12.1 Å². The first-order valence-electron chi connectivity index (χ1n) is 7.16. The summed E-state index contributed by atoms with van der Waals surface area (Å²) in [7, 11) is 0. The van der Waals surface area contributed by atoms with E-state index in [4.69, 9.17) is 5.53 Å². The predicted molar refractivity (Wildman–Crippen MR) is 75.6 cm³/mol. The molecule has 3 rings (SSSR count). The van der Waals surface area contributed by atoms with E-state index >= 15 is 0 Å². The Hall–Kier alpha value is -1.51. The minimum absolute atomic E-state index is 0.170. The number of nitrogens with zero attached hydrogens (tertiary/aromatic N) is 4. The molecule has 0 radical (unpaired) electrons. The number of fused-ring (bicyclic) bond motifs is 1. The summed E-state index contributed by atoms with van der Waals surface area (Å²) < 4.78 is 0. The Morgan fingerprint density at radius 1 is 1.26 bits per heavy atom. The molecular weight excluding hydrogens is 236 g/mol. The summed E-state index contributed by atoms with van der Waals surface area (Å²) in [6.45, 7) is 3.39. The SMILES string of the molecule is C[C@H](c1ccccc1)N1CC[C@@H]2CC[C@@H](N=[N+]=[N-])[C@@H]21. The van der Waals surface area contributed by atoms with Crippen LogP contribution in [0, 0.1) is 5.92 Å². The fourth-order valence-corrected chi connectivity index (χ4v) is 3.88. The maximum Gasteiger partial charge on any atom is 0.0532 e. The van der Waals surface area contributed by atoms with Gasteiger partial charge in [0, 0.05) is 17.0 Å². The highest BCUT2D eigenvalue weighted by Crippen LogP contribution is 2.43. The number of hydrogen-bond acceptors (Lipinski definition) is 2. The third-order valence-corrected chi connectivity index (χ3v) is 4.83. The number of likely N-dealkylation sites (tertiary alicyclic amines) is 1. The lowest BCUT2D eigenvalue weighted by molar-refractivity contribution is 0.170. The van der Waals surface area contributed by atoms with Gasteiger partial charge < -0.3 is 0 Å². The minimum atomic E-state index is 0.170. The van der Waals surface area contributed by atoms with Gasteiger partial charge in [0.25, 0.3) is 0 Å². The zero-order valence-corrected chi connectivity index (χ0v) is 11.3. The van der Waals surface area contributed by atoms with E-state index in [1.54, 1.807) is 0 Å². The molecule has 0 bridgehead atoms. The molecule has 4 atom stereocenters. The van der Waals surface area contributed by atoms with Gasteiger partial charge in [0.1, 0.15) is 0 Å². The van der Waals surface area contributed by atoms with Crippen molar-refractivity contribution in [3.05, 3.63) is 46.3 Å². The topological polar surface area (TPSA) is 52.0 Å².